The highest BCUT2D eigenvalue weighted by Crippen LogP contribution is 2.29. The molecule has 1 aliphatic rings. The Balaban J connectivity index is 1.53. The molecular weight excluding hydrogens is 388 g/mol. The van der Waals surface area contributed by atoms with Crippen LogP contribution < -0.4 is 15.0 Å². The first kappa shape index (κ1) is 19.3. The fourth-order valence-corrected chi connectivity index (χ4v) is 3.78. The van der Waals surface area contributed by atoms with Gasteiger partial charge >= 0.3 is 0 Å². The van der Waals surface area contributed by atoms with E-state index in [0.717, 1.165) is 28.5 Å². The van der Waals surface area contributed by atoms with Crippen molar-refractivity contribution in [3.8, 4) is 5.75 Å². The van der Waals surface area contributed by atoms with Gasteiger partial charge in [0.1, 0.15) is 5.75 Å². The molecule has 3 aromatic carbocycles. The van der Waals surface area contributed by atoms with Crippen LogP contribution in [-0.2, 0) is 11.3 Å². The van der Waals surface area contributed by atoms with Crippen LogP contribution in [0.5, 0.6) is 5.75 Å². The molecule has 5 nitrogen and oxygen atoms in total. The topological polar surface area (TPSA) is 58.6 Å². The molecule has 1 heterocycles. The second-order valence-corrected chi connectivity index (χ2v) is 7.48. The van der Waals surface area contributed by atoms with Crippen LogP contribution in [0.25, 0.3) is 10.8 Å². The SMILES string of the molecule is COc1ccc2cc(CNC(=O)c3ccc(Cl)cc3N3CCCC3=O)ccc2c1. The molecule has 0 aliphatic carbocycles. The van der Waals surface area contributed by atoms with Gasteiger partial charge in [-0.25, -0.2) is 0 Å². The van der Waals surface area contributed by atoms with E-state index in [1.54, 1.807) is 30.2 Å². The lowest BCUT2D eigenvalue weighted by Gasteiger charge is -2.20. The molecule has 0 atom stereocenters. The van der Waals surface area contributed by atoms with Crippen LogP contribution in [0.4, 0.5) is 5.69 Å². The second kappa shape index (κ2) is 8.13. The van der Waals surface area contributed by atoms with E-state index < -0.39 is 0 Å². The largest absolute Gasteiger partial charge is 0.497 e. The van der Waals surface area contributed by atoms with Crippen LogP contribution >= 0.6 is 11.6 Å². The Morgan fingerprint density at radius 1 is 1.10 bits per heavy atom. The maximum absolute atomic E-state index is 12.9. The highest BCUT2D eigenvalue weighted by atomic mass is 35.5. The predicted molar refractivity (Wildman–Crippen MR) is 115 cm³/mol. The van der Waals surface area contributed by atoms with Gasteiger partial charge in [0.15, 0.2) is 0 Å². The number of fused-ring (bicyclic) bond motifs is 1. The summed E-state index contributed by atoms with van der Waals surface area (Å²) >= 11 is 6.12. The number of halogens is 1. The Morgan fingerprint density at radius 2 is 1.90 bits per heavy atom. The van der Waals surface area contributed by atoms with E-state index in [0.29, 0.717) is 35.8 Å². The molecule has 0 aromatic heterocycles. The Kier molecular flexibility index (Phi) is 5.41. The number of nitrogens with zero attached hydrogens (tertiary/aromatic N) is 1. The van der Waals surface area contributed by atoms with Gasteiger partial charge in [0.2, 0.25) is 5.91 Å². The summed E-state index contributed by atoms with van der Waals surface area (Å²) in [6.07, 6.45) is 1.28. The summed E-state index contributed by atoms with van der Waals surface area (Å²) in [5.41, 5.74) is 2.02. The molecule has 0 radical (unpaired) electrons. The summed E-state index contributed by atoms with van der Waals surface area (Å²) in [4.78, 5) is 26.6. The molecule has 6 heteroatoms. The number of hydrogen-bond acceptors (Lipinski definition) is 3. The number of rotatable bonds is 5. The van der Waals surface area contributed by atoms with Crippen molar-refractivity contribution in [3.63, 3.8) is 0 Å². The lowest BCUT2D eigenvalue weighted by molar-refractivity contribution is -0.117. The normalized spacial score (nSPS) is 13.7. The van der Waals surface area contributed by atoms with Gasteiger partial charge in [-0.1, -0.05) is 29.8 Å². The summed E-state index contributed by atoms with van der Waals surface area (Å²) in [5, 5.41) is 5.61. The van der Waals surface area contributed by atoms with Gasteiger partial charge in [-0.15, -0.1) is 0 Å². The summed E-state index contributed by atoms with van der Waals surface area (Å²) in [5.74, 6) is 0.600. The molecule has 3 aromatic rings. The lowest BCUT2D eigenvalue weighted by atomic mass is 10.1. The quantitative estimate of drug-likeness (QED) is 0.673. The highest BCUT2D eigenvalue weighted by Gasteiger charge is 2.26. The van der Waals surface area contributed by atoms with Crippen molar-refractivity contribution in [2.45, 2.75) is 19.4 Å². The number of benzene rings is 3. The number of methoxy groups -OCH3 is 1. The summed E-state index contributed by atoms with van der Waals surface area (Å²) in [7, 11) is 1.64. The Hall–Kier alpha value is -3.05. The monoisotopic (exact) mass is 408 g/mol. The van der Waals surface area contributed by atoms with Crippen molar-refractivity contribution in [2.24, 2.45) is 0 Å². The summed E-state index contributed by atoms with van der Waals surface area (Å²) < 4.78 is 5.26. The van der Waals surface area contributed by atoms with Gasteiger partial charge in [-0.2, -0.15) is 0 Å². The van der Waals surface area contributed by atoms with Crippen molar-refractivity contribution < 1.29 is 14.3 Å². The van der Waals surface area contributed by atoms with Crippen LogP contribution in [0.15, 0.2) is 54.6 Å². The van der Waals surface area contributed by atoms with Gasteiger partial charge in [-0.3, -0.25) is 9.59 Å². The smallest absolute Gasteiger partial charge is 0.253 e. The van der Waals surface area contributed by atoms with Gasteiger partial charge < -0.3 is 15.0 Å². The van der Waals surface area contributed by atoms with Crippen molar-refractivity contribution >= 4 is 39.9 Å². The number of carbonyl (C=O) groups is 2. The molecule has 0 unspecified atom stereocenters. The molecule has 148 valence electrons. The first-order valence-corrected chi connectivity index (χ1v) is 9.88. The zero-order valence-corrected chi connectivity index (χ0v) is 16.8. The second-order valence-electron chi connectivity index (χ2n) is 7.04. The van der Waals surface area contributed by atoms with Crippen LogP contribution in [0.3, 0.4) is 0 Å². The molecule has 0 spiro atoms. The molecule has 4 rings (SSSR count). The third kappa shape index (κ3) is 4.05. The fraction of sp³-hybridized carbons (Fsp3) is 0.217. The van der Waals surface area contributed by atoms with Gasteiger partial charge in [0.05, 0.1) is 18.4 Å². The Bertz CT molecular complexity index is 1100. The summed E-state index contributed by atoms with van der Waals surface area (Å²) in [6.45, 7) is 0.990. The molecule has 29 heavy (non-hydrogen) atoms. The Labute approximate surface area is 174 Å². The van der Waals surface area contributed by atoms with Crippen LogP contribution in [-0.4, -0.2) is 25.5 Å². The first-order valence-electron chi connectivity index (χ1n) is 9.50. The first-order chi connectivity index (χ1) is 14.0. The average molecular weight is 409 g/mol. The van der Waals surface area contributed by atoms with E-state index in [9.17, 15) is 9.59 Å². The predicted octanol–water partition coefficient (Wildman–Crippen LogP) is 4.56. The maximum atomic E-state index is 12.9. The minimum atomic E-state index is -0.230. The number of ether oxygens (including phenoxy) is 1. The summed E-state index contributed by atoms with van der Waals surface area (Å²) in [6, 6.07) is 16.9. The van der Waals surface area contributed by atoms with Crippen LogP contribution in [0.1, 0.15) is 28.8 Å². The van der Waals surface area contributed by atoms with E-state index >= 15 is 0 Å². The van der Waals surface area contributed by atoms with Crippen molar-refractivity contribution in [1.29, 1.82) is 0 Å². The number of carbonyl (C=O) groups excluding carboxylic acids is 2. The number of hydrogen-bond donors (Lipinski definition) is 1. The molecule has 1 N–H and O–H groups in total. The Morgan fingerprint density at radius 3 is 2.66 bits per heavy atom. The van der Waals surface area contributed by atoms with E-state index in [-0.39, 0.29) is 11.8 Å². The number of nitrogens with one attached hydrogen (secondary N) is 1. The molecule has 2 amide bonds. The fourth-order valence-electron chi connectivity index (χ4n) is 3.61. The third-order valence-electron chi connectivity index (χ3n) is 5.13. The van der Waals surface area contributed by atoms with Gasteiger partial charge in [0.25, 0.3) is 5.91 Å². The average Bonchev–Trinajstić information content (AvgIpc) is 3.17. The van der Waals surface area contributed by atoms with E-state index in [1.165, 1.54) is 0 Å². The van der Waals surface area contributed by atoms with E-state index in [4.69, 9.17) is 16.3 Å². The van der Waals surface area contributed by atoms with E-state index in [2.05, 4.69) is 5.32 Å². The number of anilines is 1. The lowest BCUT2D eigenvalue weighted by Crippen LogP contribution is -2.29. The van der Waals surface area contributed by atoms with Crippen molar-refractivity contribution in [3.05, 3.63) is 70.7 Å². The molecule has 1 saturated heterocycles. The van der Waals surface area contributed by atoms with Crippen molar-refractivity contribution in [1.82, 2.24) is 5.32 Å². The molecule has 0 saturated carbocycles. The number of amides is 2. The van der Waals surface area contributed by atoms with E-state index in [1.807, 2.05) is 36.4 Å². The zero-order valence-electron chi connectivity index (χ0n) is 16.1. The molecule has 1 aliphatic heterocycles. The minimum absolute atomic E-state index is 0.0197. The third-order valence-corrected chi connectivity index (χ3v) is 5.37. The molecule has 1 fully saturated rings. The van der Waals surface area contributed by atoms with Crippen LogP contribution in [0.2, 0.25) is 5.02 Å². The van der Waals surface area contributed by atoms with Gasteiger partial charge in [0, 0.05) is 24.5 Å². The standard InChI is InChI=1S/C23H21ClN2O3/c1-29-19-8-6-16-11-15(4-5-17(16)12-19)14-25-23(28)20-9-7-18(24)13-21(20)26-10-2-3-22(26)27/h4-9,11-13H,2-3,10,14H2,1H3,(H,25,28). The molecule has 0 bridgehead atoms. The zero-order chi connectivity index (χ0) is 20.4. The maximum Gasteiger partial charge on any atom is 0.253 e. The highest BCUT2D eigenvalue weighted by molar-refractivity contribution is 6.31. The minimum Gasteiger partial charge on any atom is -0.497 e. The van der Waals surface area contributed by atoms with Gasteiger partial charge in [-0.05, 0) is 59.2 Å². The molecular formula is C23H21ClN2O3. The van der Waals surface area contributed by atoms with Crippen LogP contribution in [0, 0.1) is 0 Å². The van der Waals surface area contributed by atoms with Crippen molar-refractivity contribution in [2.75, 3.05) is 18.6 Å².